The van der Waals surface area contributed by atoms with Crippen LogP contribution in [0.2, 0.25) is 0 Å². The van der Waals surface area contributed by atoms with E-state index in [1.54, 1.807) is 12.1 Å². The minimum atomic E-state index is -0.518. The number of alkyl carbamates (subject to hydrolysis) is 1. The summed E-state index contributed by atoms with van der Waals surface area (Å²) in [4.78, 5) is 11.8. The lowest BCUT2D eigenvalue weighted by atomic mass is 9.95. The van der Waals surface area contributed by atoms with Crippen LogP contribution < -0.4 is 5.32 Å². The fraction of sp³-hybridized carbons (Fsp3) is 0.0870. The molecule has 132 valence electrons. The first-order chi connectivity index (χ1) is 13.2. The Bertz CT molecular complexity index is 1020. The Balaban J connectivity index is 1.63. The third-order valence-corrected chi connectivity index (χ3v) is 4.38. The Morgan fingerprint density at radius 3 is 2.30 bits per heavy atom. The van der Waals surface area contributed by atoms with Gasteiger partial charge in [0.05, 0.1) is 6.04 Å². The summed E-state index contributed by atoms with van der Waals surface area (Å²) in [5, 5.41) is 2.83. The zero-order chi connectivity index (χ0) is 18.6. The number of benzene rings is 3. The molecule has 0 aliphatic carbocycles. The van der Waals surface area contributed by atoms with Gasteiger partial charge in [0.15, 0.2) is 6.10 Å². The van der Waals surface area contributed by atoms with Crippen LogP contribution in [-0.2, 0) is 4.74 Å². The summed E-state index contributed by atoms with van der Waals surface area (Å²) < 4.78 is 18.6. The molecule has 1 heterocycles. The van der Waals surface area contributed by atoms with Crippen molar-refractivity contribution in [3.05, 3.63) is 107 Å². The molecule has 4 rings (SSSR count). The van der Waals surface area contributed by atoms with Gasteiger partial charge in [-0.2, -0.15) is 0 Å². The van der Waals surface area contributed by atoms with Gasteiger partial charge < -0.3 is 10.1 Å². The number of carbonyl (C=O) groups is 1. The van der Waals surface area contributed by atoms with Crippen LogP contribution in [0.15, 0.2) is 78.9 Å². The van der Waals surface area contributed by atoms with Crippen LogP contribution >= 0.6 is 0 Å². The highest BCUT2D eigenvalue weighted by molar-refractivity contribution is 5.71. The van der Waals surface area contributed by atoms with Crippen molar-refractivity contribution in [1.29, 1.82) is 0 Å². The standard InChI is InChI=1S/C23H16FNO2/c24-20-13-11-18(12-14-20)22-21(25-23(26)27-22)19-8-4-7-17(15-19)10-9-16-5-2-1-3-6-16/h1-8,11-15,21-22H,(H,25,26). The summed E-state index contributed by atoms with van der Waals surface area (Å²) in [6.07, 6.45) is -1.01. The average molecular weight is 357 g/mol. The van der Waals surface area contributed by atoms with Crippen molar-refractivity contribution in [3.63, 3.8) is 0 Å². The summed E-state index contributed by atoms with van der Waals surface area (Å²) in [5.74, 6) is 5.94. The Morgan fingerprint density at radius 1 is 0.815 bits per heavy atom. The fourth-order valence-electron chi connectivity index (χ4n) is 3.07. The van der Waals surface area contributed by atoms with Crippen molar-refractivity contribution in [1.82, 2.24) is 5.32 Å². The topological polar surface area (TPSA) is 38.3 Å². The lowest BCUT2D eigenvalue weighted by Crippen LogP contribution is -2.19. The van der Waals surface area contributed by atoms with Gasteiger partial charge in [-0.3, -0.25) is 0 Å². The number of amides is 1. The number of ether oxygens (including phenoxy) is 1. The Labute approximate surface area is 156 Å². The molecule has 3 aromatic carbocycles. The van der Waals surface area contributed by atoms with Crippen molar-refractivity contribution in [3.8, 4) is 11.8 Å². The zero-order valence-corrected chi connectivity index (χ0v) is 14.4. The third kappa shape index (κ3) is 3.83. The van der Waals surface area contributed by atoms with E-state index < -0.39 is 12.2 Å². The van der Waals surface area contributed by atoms with Gasteiger partial charge in [-0.05, 0) is 47.5 Å². The molecule has 1 aliphatic rings. The predicted octanol–water partition coefficient (Wildman–Crippen LogP) is 4.75. The largest absolute Gasteiger partial charge is 0.439 e. The molecule has 1 saturated heterocycles. The summed E-state index contributed by atoms with van der Waals surface area (Å²) in [6, 6.07) is 23.0. The summed E-state index contributed by atoms with van der Waals surface area (Å²) in [6.45, 7) is 0. The molecule has 2 atom stereocenters. The van der Waals surface area contributed by atoms with Gasteiger partial charge in [-0.15, -0.1) is 0 Å². The number of hydrogen-bond donors (Lipinski definition) is 1. The van der Waals surface area contributed by atoms with Crippen LogP contribution in [0.5, 0.6) is 0 Å². The number of nitrogens with one attached hydrogen (secondary N) is 1. The minimum absolute atomic E-state index is 0.328. The molecule has 0 bridgehead atoms. The number of halogens is 1. The van der Waals surface area contributed by atoms with E-state index in [1.807, 2.05) is 54.6 Å². The lowest BCUT2D eigenvalue weighted by Gasteiger charge is -2.18. The summed E-state index contributed by atoms with van der Waals surface area (Å²) >= 11 is 0. The first kappa shape index (κ1) is 16.9. The molecule has 3 nitrogen and oxygen atoms in total. The van der Waals surface area contributed by atoms with Crippen LogP contribution in [-0.4, -0.2) is 6.09 Å². The molecule has 0 radical (unpaired) electrons. The van der Waals surface area contributed by atoms with E-state index in [-0.39, 0.29) is 11.9 Å². The SMILES string of the molecule is O=C1NC(c2cccc(C#Cc3ccccc3)c2)C(c2ccc(F)cc2)O1. The lowest BCUT2D eigenvalue weighted by molar-refractivity contribution is 0.132. The smallest absolute Gasteiger partial charge is 0.408 e. The third-order valence-electron chi connectivity index (χ3n) is 4.38. The van der Waals surface area contributed by atoms with Gasteiger partial charge in [-0.25, -0.2) is 9.18 Å². The van der Waals surface area contributed by atoms with Gasteiger partial charge in [0.1, 0.15) is 5.82 Å². The Kier molecular flexibility index (Phi) is 4.59. The van der Waals surface area contributed by atoms with E-state index in [2.05, 4.69) is 17.2 Å². The van der Waals surface area contributed by atoms with E-state index in [0.717, 1.165) is 22.3 Å². The second-order valence-corrected chi connectivity index (χ2v) is 6.24. The molecular formula is C23H16FNO2. The minimum Gasteiger partial charge on any atom is -0.439 e. The van der Waals surface area contributed by atoms with Gasteiger partial charge in [0, 0.05) is 11.1 Å². The van der Waals surface area contributed by atoms with Gasteiger partial charge in [0.25, 0.3) is 0 Å². The van der Waals surface area contributed by atoms with Crippen LogP contribution in [0.25, 0.3) is 0 Å². The molecule has 0 aromatic heterocycles. The van der Waals surface area contributed by atoms with E-state index in [9.17, 15) is 9.18 Å². The average Bonchev–Trinajstić information content (AvgIpc) is 3.10. The maximum Gasteiger partial charge on any atom is 0.408 e. The summed E-state index contributed by atoms with van der Waals surface area (Å²) in [5.41, 5.74) is 3.40. The second kappa shape index (κ2) is 7.35. The normalized spacial score (nSPS) is 18.2. The monoisotopic (exact) mass is 357 g/mol. The predicted molar refractivity (Wildman–Crippen MR) is 100 cm³/mol. The fourth-order valence-corrected chi connectivity index (χ4v) is 3.07. The molecule has 27 heavy (non-hydrogen) atoms. The van der Waals surface area contributed by atoms with Crippen LogP contribution in [0, 0.1) is 17.7 Å². The quantitative estimate of drug-likeness (QED) is 0.672. The maximum atomic E-state index is 13.2. The first-order valence-electron chi connectivity index (χ1n) is 8.59. The second-order valence-electron chi connectivity index (χ2n) is 6.24. The molecular weight excluding hydrogens is 341 g/mol. The van der Waals surface area contributed by atoms with Crippen LogP contribution in [0.3, 0.4) is 0 Å². The Hall–Kier alpha value is -3.58. The highest BCUT2D eigenvalue weighted by atomic mass is 19.1. The first-order valence-corrected chi connectivity index (χ1v) is 8.59. The molecule has 4 heteroatoms. The van der Waals surface area contributed by atoms with E-state index in [1.165, 1.54) is 12.1 Å². The van der Waals surface area contributed by atoms with Crippen molar-refractivity contribution >= 4 is 6.09 Å². The molecule has 1 N–H and O–H groups in total. The summed E-state index contributed by atoms with van der Waals surface area (Å²) in [7, 11) is 0. The number of carbonyl (C=O) groups excluding carboxylic acids is 1. The van der Waals surface area contributed by atoms with Crippen LogP contribution in [0.1, 0.15) is 34.4 Å². The highest BCUT2D eigenvalue weighted by Gasteiger charge is 2.36. The maximum absolute atomic E-state index is 13.2. The van der Waals surface area contributed by atoms with Crippen molar-refractivity contribution < 1.29 is 13.9 Å². The molecule has 0 saturated carbocycles. The van der Waals surface area contributed by atoms with Crippen molar-refractivity contribution in [2.24, 2.45) is 0 Å². The molecule has 0 spiro atoms. The number of cyclic esters (lactones) is 1. The van der Waals surface area contributed by atoms with Gasteiger partial charge in [-0.1, -0.05) is 54.3 Å². The number of rotatable bonds is 2. The Morgan fingerprint density at radius 2 is 1.52 bits per heavy atom. The van der Waals surface area contributed by atoms with E-state index >= 15 is 0 Å². The molecule has 1 fully saturated rings. The molecule has 3 aromatic rings. The van der Waals surface area contributed by atoms with Gasteiger partial charge in [0.2, 0.25) is 0 Å². The van der Waals surface area contributed by atoms with Crippen molar-refractivity contribution in [2.45, 2.75) is 12.1 Å². The van der Waals surface area contributed by atoms with Crippen LogP contribution in [0.4, 0.5) is 9.18 Å². The van der Waals surface area contributed by atoms with Gasteiger partial charge >= 0.3 is 6.09 Å². The molecule has 1 aliphatic heterocycles. The molecule has 2 unspecified atom stereocenters. The van der Waals surface area contributed by atoms with E-state index in [0.29, 0.717) is 0 Å². The highest BCUT2D eigenvalue weighted by Crippen LogP contribution is 2.36. The zero-order valence-electron chi connectivity index (χ0n) is 14.4. The van der Waals surface area contributed by atoms with E-state index in [4.69, 9.17) is 4.74 Å². The molecule has 1 amide bonds. The van der Waals surface area contributed by atoms with Crippen molar-refractivity contribution in [2.75, 3.05) is 0 Å². The number of hydrogen-bond acceptors (Lipinski definition) is 2.